The maximum atomic E-state index is 10.00. The van der Waals surface area contributed by atoms with Gasteiger partial charge in [0.05, 0.1) is 5.69 Å². The van der Waals surface area contributed by atoms with E-state index in [0.29, 0.717) is 6.47 Å². The molecule has 0 radical (unpaired) electrons. The van der Waals surface area contributed by atoms with Crippen molar-refractivity contribution >= 4 is 34.8 Å². The van der Waals surface area contributed by atoms with E-state index in [0.717, 1.165) is 15.7 Å². The Kier molecular flexibility index (Phi) is 5.88. The molecule has 1 rings (SSSR count). The van der Waals surface area contributed by atoms with Crippen LogP contribution in [0.25, 0.3) is 0 Å². The molecule has 0 amide bonds. The van der Waals surface area contributed by atoms with Gasteiger partial charge in [-0.25, -0.2) is 5.01 Å². The van der Waals surface area contributed by atoms with E-state index in [1.165, 1.54) is 10.6 Å². The number of alkyl halides is 1. The van der Waals surface area contributed by atoms with Crippen molar-refractivity contribution in [2.75, 3.05) is 13.8 Å². The fourth-order valence-electron chi connectivity index (χ4n) is 1.13. The van der Waals surface area contributed by atoms with Gasteiger partial charge in [0.2, 0.25) is 0 Å². The first-order valence-corrected chi connectivity index (χ1v) is 6.53. The predicted molar refractivity (Wildman–Crippen MR) is 73.2 cm³/mol. The summed E-state index contributed by atoms with van der Waals surface area (Å²) in [6.45, 7) is 2.46. The lowest BCUT2D eigenvalue weighted by molar-refractivity contribution is -0.132. The minimum atomic E-state index is 0.0953. The van der Waals surface area contributed by atoms with Crippen LogP contribution >= 0.6 is 22.6 Å². The molecule has 0 N–H and O–H groups in total. The van der Waals surface area contributed by atoms with Crippen molar-refractivity contribution < 1.29 is 9.53 Å². The lowest BCUT2D eigenvalue weighted by Gasteiger charge is -2.09. The largest absolute Gasteiger partial charge is 0.445 e. The number of halogens is 1. The molecule has 0 spiro atoms. The van der Waals surface area contributed by atoms with Crippen molar-refractivity contribution in [1.82, 2.24) is 5.01 Å². The molecule has 17 heavy (non-hydrogen) atoms. The first-order valence-electron chi connectivity index (χ1n) is 5.01. The Bertz CT molecular complexity index is 410. The number of benzene rings is 1. The summed E-state index contributed by atoms with van der Waals surface area (Å²) in [4.78, 5) is 10.00. The summed E-state index contributed by atoms with van der Waals surface area (Å²) >= 11 is 2.30. The molecule has 0 aromatic heterocycles. The Morgan fingerprint density at radius 1 is 1.53 bits per heavy atom. The molecule has 0 unspecified atom stereocenters. The van der Waals surface area contributed by atoms with Gasteiger partial charge in [0, 0.05) is 11.5 Å². The fourth-order valence-corrected chi connectivity index (χ4v) is 1.61. The van der Waals surface area contributed by atoms with Gasteiger partial charge >= 0.3 is 0 Å². The first-order chi connectivity index (χ1) is 8.17. The van der Waals surface area contributed by atoms with E-state index >= 15 is 0 Å². The van der Waals surface area contributed by atoms with Gasteiger partial charge in [-0.3, -0.25) is 4.79 Å². The highest BCUT2D eigenvalue weighted by Gasteiger charge is 1.99. The highest BCUT2D eigenvalue weighted by Crippen LogP contribution is 2.22. The minimum absolute atomic E-state index is 0.0953. The van der Waals surface area contributed by atoms with E-state index in [1.54, 1.807) is 7.05 Å². The van der Waals surface area contributed by atoms with Crippen LogP contribution in [0, 0.1) is 6.92 Å². The molecule has 1 aromatic rings. The molecule has 0 atom stereocenters. The average Bonchev–Trinajstić information content (AvgIpc) is 2.35. The van der Waals surface area contributed by atoms with Crippen LogP contribution in [0.3, 0.4) is 0 Å². The number of aryl methyl sites for hydroxylation is 1. The summed E-state index contributed by atoms with van der Waals surface area (Å²) in [5, 5.41) is 9.51. The molecule has 92 valence electrons. The number of rotatable bonds is 6. The monoisotopic (exact) mass is 347 g/mol. The lowest BCUT2D eigenvalue weighted by atomic mass is 10.1. The molecule has 0 saturated carbocycles. The van der Waals surface area contributed by atoms with Crippen LogP contribution in [0.1, 0.15) is 11.1 Å². The Labute approximate surface area is 114 Å². The fraction of sp³-hybridized carbons (Fsp3) is 0.364. The van der Waals surface area contributed by atoms with Crippen molar-refractivity contribution in [3.63, 3.8) is 0 Å². The number of carbonyl (C=O) groups is 1. The second-order valence-corrected chi connectivity index (χ2v) is 4.26. The van der Waals surface area contributed by atoms with E-state index in [9.17, 15) is 4.79 Å². The average molecular weight is 347 g/mol. The van der Waals surface area contributed by atoms with Gasteiger partial charge in [0.1, 0.15) is 0 Å². The summed E-state index contributed by atoms with van der Waals surface area (Å²) in [6, 6.07) is 6.09. The molecule has 6 heteroatoms. The predicted octanol–water partition coefficient (Wildman–Crippen LogP) is 2.99. The molecule has 0 aliphatic carbocycles. The molecular weight excluding hydrogens is 333 g/mol. The van der Waals surface area contributed by atoms with Crippen LogP contribution in [0.2, 0.25) is 0 Å². The Balaban J connectivity index is 2.72. The minimum Gasteiger partial charge on any atom is -0.445 e. The van der Waals surface area contributed by atoms with Gasteiger partial charge in [0.25, 0.3) is 6.47 Å². The quantitative estimate of drug-likeness (QED) is 0.199. The zero-order valence-corrected chi connectivity index (χ0v) is 11.9. The molecule has 0 aliphatic heterocycles. The SMILES string of the molecule is Cc1ccc(CI)cc1N=NN(C)COC=O. The van der Waals surface area contributed by atoms with Crippen molar-refractivity contribution in [3.8, 4) is 0 Å². The normalized spacial score (nSPS) is 10.5. The van der Waals surface area contributed by atoms with Gasteiger partial charge in [-0.1, -0.05) is 39.9 Å². The van der Waals surface area contributed by atoms with Crippen LogP contribution in [0.4, 0.5) is 5.69 Å². The summed E-state index contributed by atoms with van der Waals surface area (Å²) in [6.07, 6.45) is 0. The molecule has 0 aliphatic rings. The van der Waals surface area contributed by atoms with Gasteiger partial charge in [-0.2, -0.15) is 0 Å². The molecule has 0 heterocycles. The molecule has 0 fully saturated rings. The Morgan fingerprint density at radius 2 is 2.29 bits per heavy atom. The zero-order chi connectivity index (χ0) is 12.7. The number of carbonyl (C=O) groups excluding carboxylic acids is 1. The number of nitrogens with zero attached hydrogens (tertiary/aromatic N) is 3. The maximum Gasteiger partial charge on any atom is 0.294 e. The van der Waals surface area contributed by atoms with E-state index in [-0.39, 0.29) is 6.73 Å². The standard InChI is InChI=1S/C11H14IN3O2/c1-9-3-4-10(6-12)5-11(9)13-14-15(2)7-17-8-16/h3-5,8H,6-7H2,1-2H3. The Hall–Kier alpha value is -1.18. The van der Waals surface area contributed by atoms with Crippen LogP contribution in [0.15, 0.2) is 28.5 Å². The van der Waals surface area contributed by atoms with Crippen LogP contribution in [0.5, 0.6) is 0 Å². The van der Waals surface area contributed by atoms with Crippen molar-refractivity contribution in [3.05, 3.63) is 29.3 Å². The molecule has 0 bridgehead atoms. The third-order valence-corrected chi connectivity index (χ3v) is 2.94. The lowest BCUT2D eigenvalue weighted by Crippen LogP contribution is -2.13. The molecule has 5 nitrogen and oxygen atoms in total. The van der Waals surface area contributed by atoms with Gasteiger partial charge in [-0.15, -0.1) is 5.11 Å². The van der Waals surface area contributed by atoms with Crippen LogP contribution < -0.4 is 0 Å². The van der Waals surface area contributed by atoms with E-state index in [1.807, 2.05) is 19.1 Å². The third-order valence-electron chi connectivity index (χ3n) is 2.06. The number of hydrogen-bond donors (Lipinski definition) is 0. The topological polar surface area (TPSA) is 54.3 Å². The van der Waals surface area contributed by atoms with E-state index < -0.39 is 0 Å². The smallest absolute Gasteiger partial charge is 0.294 e. The summed E-state index contributed by atoms with van der Waals surface area (Å²) < 4.78 is 5.48. The summed E-state index contributed by atoms with van der Waals surface area (Å²) in [7, 11) is 1.69. The summed E-state index contributed by atoms with van der Waals surface area (Å²) in [5.41, 5.74) is 3.10. The maximum absolute atomic E-state index is 10.00. The van der Waals surface area contributed by atoms with E-state index in [2.05, 4.69) is 43.7 Å². The van der Waals surface area contributed by atoms with E-state index in [4.69, 9.17) is 0 Å². The van der Waals surface area contributed by atoms with Gasteiger partial charge in [0.15, 0.2) is 6.73 Å². The zero-order valence-electron chi connectivity index (χ0n) is 9.76. The number of ether oxygens (including phenoxy) is 1. The Morgan fingerprint density at radius 3 is 2.94 bits per heavy atom. The second-order valence-electron chi connectivity index (χ2n) is 3.49. The van der Waals surface area contributed by atoms with Crippen molar-refractivity contribution in [1.29, 1.82) is 0 Å². The molecular formula is C11H14IN3O2. The van der Waals surface area contributed by atoms with Gasteiger partial charge < -0.3 is 4.74 Å². The third kappa shape index (κ3) is 4.68. The van der Waals surface area contributed by atoms with Crippen molar-refractivity contribution in [2.24, 2.45) is 10.3 Å². The second kappa shape index (κ2) is 7.21. The van der Waals surface area contributed by atoms with Crippen molar-refractivity contribution in [2.45, 2.75) is 11.4 Å². The first kappa shape index (κ1) is 13.9. The van der Waals surface area contributed by atoms with Crippen LogP contribution in [-0.2, 0) is 14.0 Å². The number of hydrogen-bond acceptors (Lipinski definition) is 4. The molecule has 1 aromatic carbocycles. The molecule has 0 saturated heterocycles. The van der Waals surface area contributed by atoms with Crippen LogP contribution in [-0.4, -0.2) is 25.3 Å². The van der Waals surface area contributed by atoms with Gasteiger partial charge in [-0.05, 0) is 24.1 Å². The highest BCUT2D eigenvalue weighted by molar-refractivity contribution is 14.1. The highest BCUT2D eigenvalue weighted by atomic mass is 127. The summed E-state index contributed by atoms with van der Waals surface area (Å²) in [5.74, 6) is 0.